The van der Waals surface area contributed by atoms with Gasteiger partial charge in [-0.25, -0.2) is 0 Å². The molecular weight excluding hydrogens is 1450 g/mol. The maximum absolute atomic E-state index is 12.4. The molecular formula is C78H67BrF4N4O19. The van der Waals surface area contributed by atoms with E-state index in [0.717, 1.165) is 22.3 Å². The minimum atomic E-state index is -2.90. The summed E-state index contributed by atoms with van der Waals surface area (Å²) >= 11 is 3.14. The summed E-state index contributed by atoms with van der Waals surface area (Å²) < 4.78 is 93.8. The Kier molecular flexibility index (Phi) is 29.3. The van der Waals surface area contributed by atoms with Gasteiger partial charge in [0.25, 0.3) is 23.6 Å². The maximum atomic E-state index is 12.4. The zero-order valence-electron chi connectivity index (χ0n) is 56.6. The average molecular weight is 1520 g/mol. The van der Waals surface area contributed by atoms with Crippen molar-refractivity contribution in [2.75, 3.05) is 41.1 Å². The quantitative estimate of drug-likeness (QED) is 0.0167. The van der Waals surface area contributed by atoms with Crippen LogP contribution < -0.4 is 30.7 Å². The van der Waals surface area contributed by atoms with Gasteiger partial charge in [0.1, 0.15) is 59.6 Å². The summed E-state index contributed by atoms with van der Waals surface area (Å²) in [6.45, 7) is 0.528. The number of hydrogen-bond acceptors (Lipinski definition) is 18. The molecule has 4 heterocycles. The van der Waals surface area contributed by atoms with Crippen LogP contribution in [0.4, 0.5) is 40.3 Å². The van der Waals surface area contributed by atoms with E-state index >= 15 is 0 Å². The van der Waals surface area contributed by atoms with Gasteiger partial charge in [-0.15, -0.1) is 0 Å². The fourth-order valence-electron chi connectivity index (χ4n) is 9.42. The van der Waals surface area contributed by atoms with Crippen molar-refractivity contribution in [1.29, 1.82) is 0 Å². The van der Waals surface area contributed by atoms with Crippen LogP contribution in [0.2, 0.25) is 0 Å². The van der Waals surface area contributed by atoms with Gasteiger partial charge < -0.3 is 72.8 Å². The van der Waals surface area contributed by atoms with Gasteiger partial charge >= 0.3 is 37.1 Å². The van der Waals surface area contributed by atoms with E-state index in [4.69, 9.17) is 37.0 Å². The number of alkyl halides is 4. The van der Waals surface area contributed by atoms with Gasteiger partial charge in [0, 0.05) is 45.5 Å². The first kappa shape index (κ1) is 78.7. The summed E-state index contributed by atoms with van der Waals surface area (Å²) in [5, 5.41) is 29.0. The molecule has 106 heavy (non-hydrogen) atoms. The summed E-state index contributed by atoms with van der Waals surface area (Å²) in [6, 6.07) is 51.9. The van der Waals surface area contributed by atoms with Gasteiger partial charge in [-0.05, 0) is 198 Å². The fourth-order valence-corrected chi connectivity index (χ4v) is 9.76. The van der Waals surface area contributed by atoms with Gasteiger partial charge in [0.05, 0.1) is 67.8 Å². The van der Waals surface area contributed by atoms with Gasteiger partial charge in [-0.2, -0.15) is 17.6 Å². The molecule has 0 aliphatic carbocycles. The number of ether oxygens (including phenoxy) is 5. The smallest absolute Gasteiger partial charge is 0.387 e. The lowest BCUT2D eigenvalue weighted by molar-refractivity contribution is -0.143. The SMILES string of the molecule is CCOC(=O)Cc1ccc(NC(=O)c2coc(-c3ccc(O)cc3)c2)cc1.CCOC(=O)Cc1ccc(NC(=O)c2coc(-c3ccc(OC(F)F)cc3)c2)cc1.CCOC(=O)Cc1ccc(NC(=O)c2coc(Br)c2)cc1.O=C(O)Cc1ccc(NC(=O)c2coc(-c3ccc(OC(F)F)cc3)c2)cc1. The normalized spacial score (nSPS) is 10.5. The Labute approximate surface area is 611 Å². The third-order valence-electron chi connectivity index (χ3n) is 14.5. The number of rotatable bonds is 26. The van der Waals surface area contributed by atoms with Crippen molar-refractivity contribution >= 4 is 86.2 Å². The number of carboxylic acids is 1. The monoisotopic (exact) mass is 1520 g/mol. The standard InChI is InChI=1S/C22H19F2NO5.C21H19NO5.C20H15F2NO5.C15H14BrNO4/c1-2-28-20(26)11-14-3-7-17(8-4-14)25-21(27)16-12-19(29-13-16)15-5-9-18(10-6-15)30-22(23)24;1-2-26-20(24)11-14-3-7-17(8-4-14)22-21(25)16-12-19(27-13-16)15-5-9-18(23)10-6-15;21-20(22)28-16-7-3-13(4-8-16)17-10-14(11-27-17)19(26)23-15-5-1-12(2-6-15)9-18(24)25;1-2-20-14(18)7-10-3-5-12(6-4-10)17-15(19)11-8-13(16)21-9-11/h3-10,12-13,22H,2,11H2,1H3,(H,25,27);3-10,12-13,23H,2,11H2,1H3,(H,22,25);1-8,10-11,20H,9H2,(H,23,26)(H,24,25);3-6,8-9H,2,7H2,1H3,(H,17,19). The second-order valence-corrected chi connectivity index (χ2v) is 23.0. The number of benzene rings is 7. The predicted octanol–water partition coefficient (Wildman–Crippen LogP) is 16.7. The molecule has 11 rings (SSSR count). The Bertz CT molecular complexity index is 4710. The molecule has 0 bridgehead atoms. The summed E-state index contributed by atoms with van der Waals surface area (Å²) in [4.78, 5) is 94.1. The lowest BCUT2D eigenvalue weighted by atomic mass is 10.1. The minimum Gasteiger partial charge on any atom is -0.508 e. The van der Waals surface area contributed by atoms with Gasteiger partial charge in [-0.1, -0.05) is 48.5 Å². The molecule has 0 spiro atoms. The third-order valence-corrected chi connectivity index (χ3v) is 14.9. The van der Waals surface area contributed by atoms with E-state index < -0.39 is 25.1 Å². The molecule has 0 radical (unpaired) electrons. The highest BCUT2D eigenvalue weighted by atomic mass is 79.9. The van der Waals surface area contributed by atoms with Crippen molar-refractivity contribution in [3.8, 4) is 51.2 Å². The van der Waals surface area contributed by atoms with Gasteiger partial charge in [0.2, 0.25) is 0 Å². The molecule has 0 unspecified atom stereocenters. The van der Waals surface area contributed by atoms with Gasteiger partial charge in [0.15, 0.2) is 4.67 Å². The molecule has 0 atom stereocenters. The Morgan fingerprint density at radius 3 is 0.896 bits per heavy atom. The zero-order valence-corrected chi connectivity index (χ0v) is 58.2. The Morgan fingerprint density at radius 1 is 0.377 bits per heavy atom. The number of furan rings is 4. The lowest BCUT2D eigenvalue weighted by Gasteiger charge is -2.06. The third kappa shape index (κ3) is 25.5. The van der Waals surface area contributed by atoms with Crippen LogP contribution in [0.15, 0.2) is 242 Å². The van der Waals surface area contributed by atoms with Crippen molar-refractivity contribution in [1.82, 2.24) is 0 Å². The Balaban J connectivity index is 0.000000180. The molecule has 23 nitrogen and oxygen atoms in total. The van der Waals surface area contributed by atoms with Crippen LogP contribution in [0.3, 0.4) is 0 Å². The lowest BCUT2D eigenvalue weighted by Crippen LogP contribution is -2.11. The summed E-state index contributed by atoms with van der Waals surface area (Å²) in [7, 11) is 0. The predicted molar refractivity (Wildman–Crippen MR) is 384 cm³/mol. The summed E-state index contributed by atoms with van der Waals surface area (Å²) in [5.74, 6) is -1.58. The van der Waals surface area contributed by atoms with Crippen LogP contribution >= 0.6 is 15.9 Å². The number of halogens is 5. The second kappa shape index (κ2) is 39.4. The van der Waals surface area contributed by atoms with Gasteiger partial charge in [-0.3, -0.25) is 38.4 Å². The molecule has 548 valence electrons. The van der Waals surface area contributed by atoms with Crippen LogP contribution in [0.1, 0.15) is 84.5 Å². The molecule has 0 saturated heterocycles. The van der Waals surface area contributed by atoms with E-state index in [-0.39, 0.29) is 84.1 Å². The van der Waals surface area contributed by atoms with Crippen LogP contribution in [0.25, 0.3) is 34.0 Å². The number of phenols is 1. The van der Waals surface area contributed by atoms with Crippen molar-refractivity contribution < 1.29 is 107 Å². The number of hydrogen-bond donors (Lipinski definition) is 6. The number of carbonyl (C=O) groups is 8. The van der Waals surface area contributed by atoms with Crippen LogP contribution in [0, 0.1) is 0 Å². The van der Waals surface area contributed by atoms with Crippen molar-refractivity contribution in [2.45, 2.75) is 59.7 Å². The molecule has 0 aliphatic heterocycles. The molecule has 28 heteroatoms. The largest absolute Gasteiger partial charge is 0.508 e. The number of aromatic hydroxyl groups is 1. The minimum absolute atomic E-state index is 0.0228. The highest BCUT2D eigenvalue weighted by molar-refractivity contribution is 9.10. The van der Waals surface area contributed by atoms with E-state index in [0.29, 0.717) is 97.9 Å². The summed E-state index contributed by atoms with van der Waals surface area (Å²) in [6.07, 6.45) is 5.82. The maximum Gasteiger partial charge on any atom is 0.387 e. The Hall–Kier alpha value is -13.0. The second-order valence-electron chi connectivity index (χ2n) is 22.2. The highest BCUT2D eigenvalue weighted by Crippen LogP contribution is 2.30. The molecule has 7 aromatic carbocycles. The van der Waals surface area contributed by atoms with E-state index in [1.54, 1.807) is 185 Å². The van der Waals surface area contributed by atoms with Crippen LogP contribution in [0.5, 0.6) is 17.2 Å². The number of aliphatic carboxylic acids is 1. The molecule has 4 aromatic heterocycles. The van der Waals surface area contributed by atoms with E-state index in [1.807, 2.05) is 0 Å². The average Bonchev–Trinajstić information content (AvgIpc) is 1.68. The molecule has 11 aromatic rings. The first-order valence-electron chi connectivity index (χ1n) is 32.2. The summed E-state index contributed by atoms with van der Waals surface area (Å²) in [5.41, 5.74) is 8.71. The molecule has 4 amide bonds. The molecule has 0 saturated carbocycles. The van der Waals surface area contributed by atoms with E-state index in [1.165, 1.54) is 55.4 Å². The Morgan fingerprint density at radius 2 is 0.642 bits per heavy atom. The topological polar surface area (TPSA) is 324 Å². The number of carboxylic acid groups (broad SMARTS) is 1. The number of nitrogens with one attached hydrogen (secondary N) is 4. The van der Waals surface area contributed by atoms with Crippen molar-refractivity contribution in [2.24, 2.45) is 0 Å². The number of carbonyl (C=O) groups excluding carboxylic acids is 7. The number of amides is 4. The zero-order chi connectivity index (χ0) is 76.1. The molecule has 6 N–H and O–H groups in total. The number of anilines is 4. The van der Waals surface area contributed by atoms with Crippen molar-refractivity contribution in [3.63, 3.8) is 0 Å². The first-order chi connectivity index (χ1) is 51.0. The number of phenolic OH excluding ortho intramolecular Hbond substituents is 1. The van der Waals surface area contributed by atoms with Crippen molar-refractivity contribution in [3.05, 3.63) is 268 Å². The molecule has 0 aliphatic rings. The first-order valence-corrected chi connectivity index (χ1v) is 33.0. The van der Waals surface area contributed by atoms with E-state index in [2.05, 4.69) is 46.7 Å². The number of esters is 3. The van der Waals surface area contributed by atoms with E-state index in [9.17, 15) is 61.0 Å². The van der Waals surface area contributed by atoms with Crippen LogP contribution in [-0.2, 0) is 59.1 Å². The molecule has 0 fully saturated rings. The fraction of sp³-hybridized carbons (Fsp3) is 0.154. The highest BCUT2D eigenvalue weighted by Gasteiger charge is 2.18. The van der Waals surface area contributed by atoms with Crippen LogP contribution in [-0.4, -0.2) is 90.8 Å².